The van der Waals surface area contributed by atoms with Gasteiger partial charge in [0.2, 0.25) is 5.92 Å². The molecule has 2 heterocycles. The summed E-state index contributed by atoms with van der Waals surface area (Å²) < 4.78 is 115. The Bertz CT molecular complexity index is 2190. The Kier molecular flexibility index (Phi) is 75.4. The Morgan fingerprint density at radius 2 is 0.820 bits per heavy atom. The minimum atomic E-state index is -2.40. The van der Waals surface area contributed by atoms with Crippen molar-refractivity contribution in [1.29, 1.82) is 0 Å². The van der Waals surface area contributed by atoms with Crippen LogP contribution >= 0.6 is 11.8 Å². The highest BCUT2D eigenvalue weighted by molar-refractivity contribution is 8.00. The third-order valence-electron chi connectivity index (χ3n) is 24.4. The molecule has 12 heteroatoms. The van der Waals surface area contributed by atoms with E-state index in [1.165, 1.54) is 159 Å². The Hall–Kier alpha value is -0.590. The Labute approximate surface area is 764 Å². The zero-order chi connectivity index (χ0) is 94.6. The first kappa shape index (κ1) is 128. The maximum Gasteiger partial charge on any atom is 0.253 e. The van der Waals surface area contributed by atoms with E-state index in [9.17, 15) is 35.1 Å². The summed E-state index contributed by atoms with van der Waals surface area (Å²) in [5.74, 6) is 10.8. The number of ether oxygens (including phenoxy) is 3. The van der Waals surface area contributed by atoms with Gasteiger partial charge in [-0.1, -0.05) is 331 Å². The van der Waals surface area contributed by atoms with Gasteiger partial charge in [0.25, 0.3) is 11.8 Å². The van der Waals surface area contributed by atoms with Crippen molar-refractivity contribution in [2.24, 2.45) is 142 Å². The van der Waals surface area contributed by atoms with Crippen molar-refractivity contribution < 1.29 is 49.3 Å². The van der Waals surface area contributed by atoms with Crippen LogP contribution in [0.25, 0.3) is 0 Å². The zero-order valence-electron chi connectivity index (χ0n) is 88.2. The molecule has 0 spiro atoms. The number of halogens is 8. The lowest BCUT2D eigenvalue weighted by atomic mass is 9.77. The summed E-state index contributed by atoms with van der Waals surface area (Å²) in [6.45, 7) is 75.6. The fraction of sp³-hybridized carbons (Fsp3) is 0.982. The van der Waals surface area contributed by atoms with Gasteiger partial charge < -0.3 is 14.2 Å². The number of unbranched alkanes of at least 4 members (excludes halogenated alkanes) is 1. The summed E-state index contributed by atoms with van der Waals surface area (Å²) in [5, 5.41) is 0. The van der Waals surface area contributed by atoms with Crippen LogP contribution in [0.3, 0.4) is 0 Å². The van der Waals surface area contributed by atoms with Crippen LogP contribution in [0.1, 0.15) is 472 Å². The summed E-state index contributed by atoms with van der Waals surface area (Å²) in [6.07, 6.45) is 47.9. The molecule has 0 radical (unpaired) electrons. The SMILES string of the molecule is CC(C)C(F)(F)C1CCC1.CC(C)CC1(C)CC1.CC(C)CC1(F)CC1.CC(C)CC1(F)CCC1.CC(C)CC1C=CCC1.CC(C)CC1CC(F)(F)C1.CC(C)CC1CC1(F)F.CC(C)CC1CCC1.CC(C)CC1COC1.CC(C)CC1CSC1.CC(C)CCC1CCC1.CCCC(C)C.CCCCC(C)C.COCC(C)C.COCCC(C)C. The smallest absolute Gasteiger partial charge is 0.253 e. The van der Waals surface area contributed by atoms with E-state index >= 15 is 0 Å². The standard InChI is InChI=1S/C9H18.C9H16.2C8H14F2.C8H15F.2C8H16.C7H12F2.C7H13F.C7H14O.C7H14S.C7H16.C6H14O.C6H14.C5H12O/c1-8(2)6-7-9-4-3-5-9;1-8(2)7-9-5-3-4-6-9;1-6(2)3-7-4-8(9,10)5-7;1-6(2)8(9,10)7-4-3-5-7;1-7(2)6-8(9)4-3-5-8;1-7(2)6-8(3)4-5-8;1-7(2)6-8-4-3-5-8;1-5(2)3-6-4-7(6,8)9;1-6(2)5-7(8)3-4-7;2*1-6(2)3-7-4-8-5-7;1-4-5-6-7(2)3;1-6(2)4-5-7-3;1-4-5-6(2)3;1-5(2)4-6-3/h8-9H,3-7H2,1-2H3;3,5,8-9H,4,6-7H2,1-2H3;2*6-7H,3-5H2,1-2H3;7H,3-6H2,1-2H3;7H,4-6H2,1-3H3;7-8H,3-6H2,1-2H3;5-6H,3-4H2,1-2H3;6H,3-5H2,1-2H3;2*6-7H,3-5H2,1-2H3;7H,4-6H2,1-3H3;6H,4-5H2,1-3H3;6H,4-5H2,1-3H3;5H,4H2,1-3H3. The predicted molar refractivity (Wildman–Crippen MR) is 529 cm³/mol. The molecule has 122 heavy (non-hydrogen) atoms. The second-order valence-electron chi connectivity index (χ2n) is 46.7. The molecule has 738 valence electrons. The molecular weight excluding hydrogens is 1550 g/mol. The number of hydrogen-bond acceptors (Lipinski definition) is 4. The van der Waals surface area contributed by atoms with Crippen molar-refractivity contribution in [2.75, 3.05) is 52.2 Å². The molecule has 11 aliphatic rings. The van der Waals surface area contributed by atoms with Crippen molar-refractivity contribution in [3.05, 3.63) is 12.2 Å². The van der Waals surface area contributed by atoms with Gasteiger partial charge in [0, 0.05) is 70.4 Å². The average molecular weight is 1770 g/mol. The molecule has 2 unspecified atom stereocenters. The lowest BCUT2D eigenvalue weighted by Crippen LogP contribution is -2.37. The molecule has 0 aromatic heterocycles. The molecule has 0 N–H and O–H groups in total. The van der Waals surface area contributed by atoms with E-state index in [2.05, 4.69) is 225 Å². The second kappa shape index (κ2) is 72.0. The number of allylic oxidation sites excluding steroid dienone is 2. The Morgan fingerprint density at radius 1 is 0.402 bits per heavy atom. The van der Waals surface area contributed by atoms with E-state index in [-0.39, 0.29) is 31.1 Å². The number of methoxy groups -OCH3 is 2. The fourth-order valence-corrected chi connectivity index (χ4v) is 17.1. The van der Waals surface area contributed by atoms with Gasteiger partial charge in [-0.3, -0.25) is 0 Å². The van der Waals surface area contributed by atoms with Gasteiger partial charge in [-0.15, -0.1) is 0 Å². The van der Waals surface area contributed by atoms with Crippen molar-refractivity contribution in [1.82, 2.24) is 0 Å². The van der Waals surface area contributed by atoms with Crippen LogP contribution in [-0.2, 0) is 14.2 Å². The summed E-state index contributed by atoms with van der Waals surface area (Å²) in [5.41, 5.74) is -0.712. The molecule has 0 bridgehead atoms. The van der Waals surface area contributed by atoms with Gasteiger partial charge in [0.15, 0.2) is 0 Å². The molecule has 2 atom stereocenters. The van der Waals surface area contributed by atoms with Gasteiger partial charge in [-0.25, -0.2) is 35.1 Å². The van der Waals surface area contributed by atoms with E-state index in [4.69, 9.17) is 14.2 Å². The van der Waals surface area contributed by atoms with E-state index in [1.807, 2.05) is 13.8 Å². The maximum absolute atomic E-state index is 13.2. The number of thioether (sulfide) groups is 1. The highest BCUT2D eigenvalue weighted by Gasteiger charge is 2.56. The number of rotatable bonds is 33. The average Bonchev–Trinajstić information content (AvgIpc) is 1.35. The van der Waals surface area contributed by atoms with Gasteiger partial charge in [-0.2, -0.15) is 11.8 Å². The summed E-state index contributed by atoms with van der Waals surface area (Å²) in [6, 6.07) is 0. The minimum absolute atomic E-state index is 0.130. The Balaban J connectivity index is -0.000000613. The highest BCUT2D eigenvalue weighted by Crippen LogP contribution is 2.53. The van der Waals surface area contributed by atoms with Crippen LogP contribution < -0.4 is 0 Å². The van der Waals surface area contributed by atoms with Crippen LogP contribution in [0.4, 0.5) is 35.1 Å². The van der Waals surface area contributed by atoms with Crippen molar-refractivity contribution in [2.45, 2.75) is 502 Å². The predicted octanol–water partition coefficient (Wildman–Crippen LogP) is 38.5. The first-order valence-electron chi connectivity index (χ1n) is 51.8. The van der Waals surface area contributed by atoms with Crippen LogP contribution in [0, 0.1) is 142 Å². The van der Waals surface area contributed by atoms with Gasteiger partial charge in [-0.05, 0) is 264 Å². The lowest BCUT2D eigenvalue weighted by Gasteiger charge is -2.35. The lowest BCUT2D eigenvalue weighted by molar-refractivity contribution is -0.122. The van der Waals surface area contributed by atoms with E-state index < -0.39 is 35.0 Å². The molecule has 10 fully saturated rings. The zero-order valence-corrected chi connectivity index (χ0v) is 89.0. The first-order chi connectivity index (χ1) is 56.5. The van der Waals surface area contributed by atoms with Crippen LogP contribution in [0.15, 0.2) is 12.2 Å². The molecule has 0 aromatic carbocycles. The van der Waals surface area contributed by atoms with Gasteiger partial charge in [0.05, 0.1) is 13.2 Å². The normalized spacial score (nSPS) is 20.8. The molecule has 8 saturated carbocycles. The van der Waals surface area contributed by atoms with Crippen LogP contribution in [0.5, 0.6) is 0 Å². The number of hydrogen-bond donors (Lipinski definition) is 0. The molecule has 9 aliphatic carbocycles. The minimum Gasteiger partial charge on any atom is -0.385 e. The molecule has 3 nitrogen and oxygen atoms in total. The second-order valence-corrected chi connectivity index (χ2v) is 47.7. The quantitative estimate of drug-likeness (QED) is 0.0483. The highest BCUT2D eigenvalue weighted by atomic mass is 32.2. The molecule has 0 amide bonds. The summed E-state index contributed by atoms with van der Waals surface area (Å²) in [7, 11) is 3.46. The van der Waals surface area contributed by atoms with Gasteiger partial charge >= 0.3 is 0 Å². The van der Waals surface area contributed by atoms with E-state index in [0.717, 1.165) is 185 Å². The van der Waals surface area contributed by atoms with E-state index in [0.29, 0.717) is 41.9 Å². The number of alkyl halides is 8. The van der Waals surface area contributed by atoms with Crippen molar-refractivity contribution >= 4 is 11.8 Å². The monoisotopic (exact) mass is 1770 g/mol. The van der Waals surface area contributed by atoms with Crippen LogP contribution in [0.2, 0.25) is 0 Å². The molecule has 0 aromatic rings. The molecular formula is C110H218F8O3S. The molecule has 2 aliphatic heterocycles. The molecule has 11 rings (SSSR count). The fourth-order valence-electron chi connectivity index (χ4n) is 16.2. The van der Waals surface area contributed by atoms with E-state index in [1.54, 1.807) is 28.1 Å². The van der Waals surface area contributed by atoms with Crippen molar-refractivity contribution in [3.63, 3.8) is 0 Å². The third-order valence-corrected chi connectivity index (χ3v) is 25.8. The first-order valence-corrected chi connectivity index (χ1v) is 52.9. The maximum atomic E-state index is 13.2. The Morgan fingerprint density at radius 3 is 0.975 bits per heavy atom. The van der Waals surface area contributed by atoms with Crippen LogP contribution in [-0.4, -0.2) is 81.3 Å². The topological polar surface area (TPSA) is 27.7 Å². The largest absolute Gasteiger partial charge is 0.385 e. The summed E-state index contributed by atoms with van der Waals surface area (Å²) >= 11 is 2.09. The summed E-state index contributed by atoms with van der Waals surface area (Å²) in [4.78, 5) is 0. The van der Waals surface area contributed by atoms with Crippen molar-refractivity contribution in [3.8, 4) is 0 Å². The van der Waals surface area contributed by atoms with Gasteiger partial charge in [0.1, 0.15) is 11.3 Å². The third kappa shape index (κ3) is 81.4. The molecule has 2 saturated heterocycles.